The van der Waals surface area contributed by atoms with Gasteiger partial charge in [0.15, 0.2) is 0 Å². The van der Waals surface area contributed by atoms with Crippen molar-refractivity contribution in [1.82, 2.24) is 0 Å². The van der Waals surface area contributed by atoms with Gasteiger partial charge in [-0.25, -0.2) is 4.39 Å². The molecule has 1 aromatic carbocycles. The highest BCUT2D eigenvalue weighted by molar-refractivity contribution is 6.30. The molecule has 0 radical (unpaired) electrons. The average Bonchev–Trinajstić information content (AvgIpc) is 2.17. The second-order valence-corrected chi connectivity index (χ2v) is 3.17. The Morgan fingerprint density at radius 1 is 1.38 bits per heavy atom. The summed E-state index contributed by atoms with van der Waals surface area (Å²) >= 11 is 5.68. The van der Waals surface area contributed by atoms with E-state index in [1.807, 2.05) is 12.1 Å². The molecule has 1 aromatic rings. The van der Waals surface area contributed by atoms with Crippen molar-refractivity contribution in [2.75, 3.05) is 6.61 Å². The summed E-state index contributed by atoms with van der Waals surface area (Å²) in [4.78, 5) is 0. The van der Waals surface area contributed by atoms with Crippen molar-refractivity contribution < 1.29 is 9.50 Å². The SMILES string of the molecule is OCC(=CF)Cc1ccc(Cl)cc1. The molecule has 0 fully saturated rings. The van der Waals surface area contributed by atoms with Gasteiger partial charge in [0.25, 0.3) is 0 Å². The summed E-state index contributed by atoms with van der Waals surface area (Å²) in [7, 11) is 0. The Hall–Kier alpha value is -0.860. The molecular weight excluding hydrogens is 191 g/mol. The maximum Gasteiger partial charge on any atom is 0.0885 e. The van der Waals surface area contributed by atoms with E-state index in [0.29, 0.717) is 23.3 Å². The summed E-state index contributed by atoms with van der Waals surface area (Å²) < 4.78 is 12.1. The van der Waals surface area contributed by atoms with Crippen molar-refractivity contribution in [3.8, 4) is 0 Å². The van der Waals surface area contributed by atoms with Crippen LogP contribution in [0.1, 0.15) is 5.56 Å². The predicted molar refractivity (Wildman–Crippen MR) is 51.4 cm³/mol. The molecule has 0 atom stereocenters. The van der Waals surface area contributed by atoms with Crippen molar-refractivity contribution in [2.45, 2.75) is 6.42 Å². The number of aliphatic hydroxyl groups excluding tert-OH is 1. The smallest absolute Gasteiger partial charge is 0.0885 e. The number of hydrogen-bond donors (Lipinski definition) is 1. The molecule has 0 aliphatic rings. The summed E-state index contributed by atoms with van der Waals surface area (Å²) in [6, 6.07) is 7.09. The first-order chi connectivity index (χ1) is 6.26. The predicted octanol–water partition coefficient (Wildman–Crippen LogP) is 2.73. The van der Waals surface area contributed by atoms with Crippen LogP contribution in [-0.2, 0) is 6.42 Å². The minimum Gasteiger partial charge on any atom is -0.392 e. The fourth-order valence-corrected chi connectivity index (χ4v) is 1.12. The Labute approximate surface area is 81.5 Å². The van der Waals surface area contributed by atoms with Gasteiger partial charge in [-0.05, 0) is 29.7 Å². The topological polar surface area (TPSA) is 20.2 Å². The van der Waals surface area contributed by atoms with Gasteiger partial charge in [-0.15, -0.1) is 0 Å². The van der Waals surface area contributed by atoms with Crippen LogP contribution in [0.2, 0.25) is 5.02 Å². The first-order valence-corrected chi connectivity index (χ1v) is 4.27. The molecule has 0 aromatic heterocycles. The van der Waals surface area contributed by atoms with Crippen LogP contribution in [-0.4, -0.2) is 11.7 Å². The minimum absolute atomic E-state index is 0.251. The second kappa shape index (κ2) is 5.00. The van der Waals surface area contributed by atoms with Crippen molar-refractivity contribution in [3.05, 3.63) is 46.8 Å². The summed E-state index contributed by atoms with van der Waals surface area (Å²) in [5, 5.41) is 9.36. The van der Waals surface area contributed by atoms with Gasteiger partial charge in [0.05, 0.1) is 12.9 Å². The van der Waals surface area contributed by atoms with Crippen LogP contribution in [0.25, 0.3) is 0 Å². The van der Waals surface area contributed by atoms with Crippen LogP contribution in [0.15, 0.2) is 36.2 Å². The van der Waals surface area contributed by atoms with Gasteiger partial charge in [0.2, 0.25) is 0 Å². The molecule has 0 bridgehead atoms. The molecule has 0 aliphatic carbocycles. The number of halogens is 2. The zero-order chi connectivity index (χ0) is 9.68. The standard InChI is InChI=1S/C10H10ClFO/c11-10-3-1-8(2-4-10)5-9(6-12)7-13/h1-4,6,13H,5,7H2. The fourth-order valence-electron chi connectivity index (χ4n) is 0.993. The van der Waals surface area contributed by atoms with Crippen LogP contribution in [0.4, 0.5) is 4.39 Å². The van der Waals surface area contributed by atoms with Crippen molar-refractivity contribution in [1.29, 1.82) is 0 Å². The van der Waals surface area contributed by atoms with Gasteiger partial charge in [0, 0.05) is 5.02 Å². The molecule has 13 heavy (non-hydrogen) atoms. The molecule has 0 aliphatic heterocycles. The summed E-state index contributed by atoms with van der Waals surface area (Å²) in [5.41, 5.74) is 1.30. The van der Waals surface area contributed by atoms with Crippen molar-refractivity contribution in [2.24, 2.45) is 0 Å². The summed E-state index contributed by atoms with van der Waals surface area (Å²) in [5.74, 6) is 0. The summed E-state index contributed by atoms with van der Waals surface area (Å²) in [6.45, 7) is -0.251. The normalized spacial score (nSPS) is 11.8. The lowest BCUT2D eigenvalue weighted by atomic mass is 10.1. The Balaban J connectivity index is 2.69. The Morgan fingerprint density at radius 3 is 2.46 bits per heavy atom. The molecule has 0 heterocycles. The largest absolute Gasteiger partial charge is 0.392 e. The highest BCUT2D eigenvalue weighted by Gasteiger charge is 1.98. The van der Waals surface area contributed by atoms with E-state index in [1.54, 1.807) is 12.1 Å². The maximum absolute atomic E-state index is 12.1. The first kappa shape index (κ1) is 10.2. The zero-order valence-electron chi connectivity index (χ0n) is 7.00. The van der Waals surface area contributed by atoms with E-state index < -0.39 is 0 Å². The zero-order valence-corrected chi connectivity index (χ0v) is 7.76. The van der Waals surface area contributed by atoms with Gasteiger partial charge in [0.1, 0.15) is 0 Å². The van der Waals surface area contributed by atoms with E-state index in [-0.39, 0.29) is 6.61 Å². The molecule has 0 amide bonds. The Bertz CT molecular complexity index is 292. The molecule has 70 valence electrons. The van der Waals surface area contributed by atoms with E-state index in [1.165, 1.54) is 0 Å². The number of benzene rings is 1. The van der Waals surface area contributed by atoms with Gasteiger partial charge >= 0.3 is 0 Å². The van der Waals surface area contributed by atoms with Gasteiger partial charge in [-0.2, -0.15) is 0 Å². The quantitative estimate of drug-likeness (QED) is 0.796. The maximum atomic E-state index is 12.1. The van der Waals surface area contributed by atoms with E-state index in [0.717, 1.165) is 5.56 Å². The average molecular weight is 201 g/mol. The number of hydrogen-bond acceptors (Lipinski definition) is 1. The highest BCUT2D eigenvalue weighted by Crippen LogP contribution is 2.12. The van der Waals surface area contributed by atoms with Crippen LogP contribution >= 0.6 is 11.6 Å². The van der Waals surface area contributed by atoms with Gasteiger partial charge < -0.3 is 5.11 Å². The molecule has 1 nitrogen and oxygen atoms in total. The van der Waals surface area contributed by atoms with E-state index >= 15 is 0 Å². The molecular formula is C10H10ClFO. The van der Waals surface area contributed by atoms with Crippen molar-refractivity contribution >= 4 is 11.6 Å². The van der Waals surface area contributed by atoms with Crippen LogP contribution in [0.5, 0.6) is 0 Å². The summed E-state index contributed by atoms with van der Waals surface area (Å²) in [6.07, 6.45) is 0.860. The number of rotatable bonds is 3. The lowest BCUT2D eigenvalue weighted by Gasteiger charge is -2.01. The first-order valence-electron chi connectivity index (χ1n) is 3.89. The molecule has 0 saturated heterocycles. The molecule has 0 spiro atoms. The van der Waals surface area contributed by atoms with Crippen LogP contribution in [0, 0.1) is 0 Å². The van der Waals surface area contributed by atoms with Gasteiger partial charge in [-0.3, -0.25) is 0 Å². The monoisotopic (exact) mass is 200 g/mol. The minimum atomic E-state index is -0.251. The molecule has 0 unspecified atom stereocenters. The Morgan fingerprint density at radius 2 is 2.00 bits per heavy atom. The Kier molecular flexibility index (Phi) is 3.93. The van der Waals surface area contributed by atoms with Crippen molar-refractivity contribution in [3.63, 3.8) is 0 Å². The lowest BCUT2D eigenvalue weighted by molar-refractivity contribution is 0.325. The molecule has 0 saturated carbocycles. The third-order valence-corrected chi connectivity index (χ3v) is 1.95. The van der Waals surface area contributed by atoms with Gasteiger partial charge in [-0.1, -0.05) is 23.7 Å². The third-order valence-electron chi connectivity index (χ3n) is 1.70. The van der Waals surface area contributed by atoms with Crippen LogP contribution in [0.3, 0.4) is 0 Å². The highest BCUT2D eigenvalue weighted by atomic mass is 35.5. The van der Waals surface area contributed by atoms with E-state index in [4.69, 9.17) is 16.7 Å². The molecule has 1 N–H and O–H groups in total. The second-order valence-electron chi connectivity index (χ2n) is 2.73. The number of aliphatic hydroxyl groups is 1. The van der Waals surface area contributed by atoms with E-state index in [9.17, 15) is 4.39 Å². The van der Waals surface area contributed by atoms with Crippen LogP contribution < -0.4 is 0 Å². The van der Waals surface area contributed by atoms with E-state index in [2.05, 4.69) is 0 Å². The lowest BCUT2D eigenvalue weighted by Crippen LogP contribution is -1.94. The molecule has 1 rings (SSSR count). The third kappa shape index (κ3) is 3.17. The molecule has 3 heteroatoms. The fraction of sp³-hybridized carbons (Fsp3) is 0.200.